The highest BCUT2D eigenvalue weighted by Crippen LogP contribution is 2.20. The third-order valence-electron chi connectivity index (χ3n) is 2.59. The van der Waals surface area contributed by atoms with Crippen LogP contribution in [-0.2, 0) is 0 Å². The maximum atomic E-state index is 12.2. The van der Waals surface area contributed by atoms with Crippen molar-refractivity contribution >= 4 is 17.1 Å². The van der Waals surface area contributed by atoms with Gasteiger partial charge < -0.3 is 4.74 Å². The van der Waals surface area contributed by atoms with Gasteiger partial charge in [0.05, 0.1) is 6.10 Å². The molecule has 1 heterocycles. The fourth-order valence-corrected chi connectivity index (χ4v) is 2.53. The topological polar surface area (TPSA) is 26.3 Å². The summed E-state index contributed by atoms with van der Waals surface area (Å²) in [4.78, 5) is 12.2. The molecule has 0 bridgehead atoms. The zero-order valence-electron chi connectivity index (χ0n) is 10.8. The Kier molecular flexibility index (Phi) is 3.82. The Morgan fingerprint density at radius 2 is 1.83 bits per heavy atom. The van der Waals surface area contributed by atoms with Gasteiger partial charge in [-0.1, -0.05) is 0 Å². The molecule has 2 rings (SSSR count). The molecule has 0 unspecified atom stereocenters. The lowest BCUT2D eigenvalue weighted by molar-refractivity contribution is 0.103. The van der Waals surface area contributed by atoms with E-state index in [1.807, 2.05) is 55.8 Å². The molecule has 1 aromatic heterocycles. The number of thiophene rings is 1. The molecule has 1 aromatic carbocycles. The summed E-state index contributed by atoms with van der Waals surface area (Å²) in [6.07, 6.45) is 0.144. The Balaban J connectivity index is 2.20. The third kappa shape index (κ3) is 2.79. The number of aryl methyl sites for hydroxylation is 1. The number of hydrogen-bond acceptors (Lipinski definition) is 3. The van der Waals surface area contributed by atoms with Crippen LogP contribution in [0.4, 0.5) is 0 Å². The van der Waals surface area contributed by atoms with Gasteiger partial charge in [0.1, 0.15) is 5.75 Å². The minimum Gasteiger partial charge on any atom is -0.491 e. The van der Waals surface area contributed by atoms with Crippen molar-refractivity contribution in [1.29, 1.82) is 0 Å². The summed E-state index contributed by atoms with van der Waals surface area (Å²) in [7, 11) is 0. The van der Waals surface area contributed by atoms with Crippen molar-refractivity contribution in [1.82, 2.24) is 0 Å². The molecule has 3 heteroatoms. The first-order chi connectivity index (χ1) is 8.58. The number of carbonyl (C=O) groups excluding carboxylic acids is 1. The van der Waals surface area contributed by atoms with E-state index in [-0.39, 0.29) is 11.9 Å². The van der Waals surface area contributed by atoms with Gasteiger partial charge in [-0.2, -0.15) is 11.3 Å². The standard InChI is InChI=1S/C15H16O2S/c1-10(2)17-13-6-4-12(5-7-13)15(16)14-9-18-8-11(14)3/h4-10H,1-3H3. The van der Waals surface area contributed by atoms with E-state index in [0.29, 0.717) is 5.56 Å². The maximum Gasteiger partial charge on any atom is 0.194 e. The molecule has 0 aliphatic carbocycles. The van der Waals surface area contributed by atoms with E-state index in [4.69, 9.17) is 4.74 Å². The van der Waals surface area contributed by atoms with Crippen LogP contribution in [-0.4, -0.2) is 11.9 Å². The predicted molar refractivity (Wildman–Crippen MR) is 74.7 cm³/mol. The number of rotatable bonds is 4. The van der Waals surface area contributed by atoms with Crippen molar-refractivity contribution in [3.63, 3.8) is 0 Å². The van der Waals surface area contributed by atoms with Gasteiger partial charge in [-0.15, -0.1) is 0 Å². The summed E-state index contributed by atoms with van der Waals surface area (Å²) >= 11 is 1.56. The van der Waals surface area contributed by atoms with Crippen LogP contribution in [0.5, 0.6) is 5.75 Å². The molecule has 0 radical (unpaired) electrons. The smallest absolute Gasteiger partial charge is 0.194 e. The van der Waals surface area contributed by atoms with Gasteiger partial charge in [-0.25, -0.2) is 0 Å². The number of hydrogen-bond donors (Lipinski definition) is 0. The quantitative estimate of drug-likeness (QED) is 0.774. The van der Waals surface area contributed by atoms with Crippen LogP contribution in [0, 0.1) is 6.92 Å². The van der Waals surface area contributed by atoms with Crippen LogP contribution in [0.2, 0.25) is 0 Å². The normalized spacial score (nSPS) is 10.7. The van der Waals surface area contributed by atoms with Crippen LogP contribution in [0.25, 0.3) is 0 Å². The average molecular weight is 260 g/mol. The van der Waals surface area contributed by atoms with E-state index in [9.17, 15) is 4.79 Å². The lowest BCUT2D eigenvalue weighted by Gasteiger charge is -2.09. The van der Waals surface area contributed by atoms with Gasteiger partial charge in [-0.3, -0.25) is 4.79 Å². The second-order valence-corrected chi connectivity index (χ2v) is 5.23. The largest absolute Gasteiger partial charge is 0.491 e. The van der Waals surface area contributed by atoms with Crippen molar-refractivity contribution < 1.29 is 9.53 Å². The Hall–Kier alpha value is -1.61. The van der Waals surface area contributed by atoms with E-state index >= 15 is 0 Å². The number of benzene rings is 1. The Morgan fingerprint density at radius 3 is 2.33 bits per heavy atom. The molecule has 18 heavy (non-hydrogen) atoms. The van der Waals surface area contributed by atoms with Crippen LogP contribution in [0.3, 0.4) is 0 Å². The molecule has 0 spiro atoms. The van der Waals surface area contributed by atoms with Crippen LogP contribution in [0.15, 0.2) is 35.0 Å². The molecule has 0 aliphatic heterocycles. The lowest BCUT2D eigenvalue weighted by atomic mass is 10.0. The van der Waals surface area contributed by atoms with Crippen LogP contribution in [0.1, 0.15) is 35.3 Å². The Morgan fingerprint density at radius 1 is 1.17 bits per heavy atom. The van der Waals surface area contributed by atoms with Crippen molar-refractivity contribution in [2.75, 3.05) is 0 Å². The molecular weight excluding hydrogens is 244 g/mol. The van der Waals surface area contributed by atoms with Gasteiger partial charge in [0.25, 0.3) is 0 Å². The number of ether oxygens (including phenoxy) is 1. The van der Waals surface area contributed by atoms with E-state index in [1.165, 1.54) is 0 Å². The molecule has 2 nitrogen and oxygen atoms in total. The number of carbonyl (C=O) groups is 1. The molecule has 0 fully saturated rings. The molecule has 0 saturated carbocycles. The van der Waals surface area contributed by atoms with Gasteiger partial charge in [-0.05, 0) is 56.0 Å². The van der Waals surface area contributed by atoms with Crippen LogP contribution < -0.4 is 4.74 Å². The zero-order chi connectivity index (χ0) is 13.1. The second-order valence-electron chi connectivity index (χ2n) is 4.49. The van der Waals surface area contributed by atoms with Crippen molar-refractivity contribution in [3.8, 4) is 5.75 Å². The molecule has 0 atom stereocenters. The molecule has 0 amide bonds. The summed E-state index contributed by atoms with van der Waals surface area (Å²) in [5.41, 5.74) is 2.53. The van der Waals surface area contributed by atoms with Gasteiger partial charge in [0, 0.05) is 16.5 Å². The maximum absolute atomic E-state index is 12.2. The molecule has 0 saturated heterocycles. The zero-order valence-corrected chi connectivity index (χ0v) is 11.6. The third-order valence-corrected chi connectivity index (χ3v) is 3.45. The van der Waals surface area contributed by atoms with E-state index < -0.39 is 0 Å². The highest BCUT2D eigenvalue weighted by atomic mass is 32.1. The summed E-state index contributed by atoms with van der Waals surface area (Å²) < 4.78 is 5.55. The molecule has 94 valence electrons. The first-order valence-electron chi connectivity index (χ1n) is 5.92. The Bertz CT molecular complexity index is 538. The van der Waals surface area contributed by atoms with Crippen molar-refractivity contribution in [2.45, 2.75) is 26.9 Å². The molecule has 0 aliphatic rings. The summed E-state index contributed by atoms with van der Waals surface area (Å²) in [6, 6.07) is 7.32. The van der Waals surface area contributed by atoms with Gasteiger partial charge >= 0.3 is 0 Å². The Labute approximate surface area is 111 Å². The monoisotopic (exact) mass is 260 g/mol. The SMILES string of the molecule is Cc1cscc1C(=O)c1ccc(OC(C)C)cc1. The minimum atomic E-state index is 0.0739. The minimum absolute atomic E-state index is 0.0739. The summed E-state index contributed by atoms with van der Waals surface area (Å²) in [5.74, 6) is 0.869. The van der Waals surface area contributed by atoms with Crippen molar-refractivity contribution in [2.24, 2.45) is 0 Å². The van der Waals surface area contributed by atoms with Gasteiger partial charge in [0.15, 0.2) is 5.78 Å². The summed E-state index contributed by atoms with van der Waals surface area (Å²) in [6.45, 7) is 5.92. The van der Waals surface area contributed by atoms with E-state index in [0.717, 1.165) is 16.9 Å². The number of ketones is 1. The van der Waals surface area contributed by atoms with Gasteiger partial charge in [0.2, 0.25) is 0 Å². The lowest BCUT2D eigenvalue weighted by Crippen LogP contribution is -2.06. The fourth-order valence-electron chi connectivity index (χ4n) is 1.71. The van der Waals surface area contributed by atoms with E-state index in [1.54, 1.807) is 11.3 Å². The first-order valence-corrected chi connectivity index (χ1v) is 6.86. The second kappa shape index (κ2) is 5.36. The molecule has 2 aromatic rings. The average Bonchev–Trinajstić information content (AvgIpc) is 2.75. The van der Waals surface area contributed by atoms with Crippen LogP contribution >= 0.6 is 11.3 Å². The highest BCUT2D eigenvalue weighted by molar-refractivity contribution is 7.08. The van der Waals surface area contributed by atoms with E-state index in [2.05, 4.69) is 0 Å². The predicted octanol–water partition coefficient (Wildman–Crippen LogP) is 4.07. The van der Waals surface area contributed by atoms with Crippen molar-refractivity contribution in [3.05, 3.63) is 51.7 Å². The molecular formula is C15H16O2S. The fraction of sp³-hybridized carbons (Fsp3) is 0.267. The summed E-state index contributed by atoms with van der Waals surface area (Å²) in [5, 5.41) is 3.89. The first kappa shape index (κ1) is 12.8. The molecule has 0 N–H and O–H groups in total. The highest BCUT2D eigenvalue weighted by Gasteiger charge is 2.12.